The van der Waals surface area contributed by atoms with Gasteiger partial charge < -0.3 is 14.8 Å². The van der Waals surface area contributed by atoms with E-state index in [2.05, 4.69) is 22.5 Å². The molecule has 1 aliphatic carbocycles. The molecule has 3 aromatic rings. The van der Waals surface area contributed by atoms with Gasteiger partial charge in [-0.15, -0.1) is 22.7 Å². The summed E-state index contributed by atoms with van der Waals surface area (Å²) in [5.74, 6) is 0.860. The molecule has 0 radical (unpaired) electrons. The second-order valence-corrected chi connectivity index (χ2v) is 9.60. The molecule has 7 heteroatoms. The minimum Gasteiger partial charge on any atom is -0.321 e. The van der Waals surface area contributed by atoms with Crippen LogP contribution in [0.25, 0.3) is 10.2 Å². The zero-order valence-corrected chi connectivity index (χ0v) is 16.4. The van der Waals surface area contributed by atoms with Gasteiger partial charge in [0.05, 0.1) is 10.3 Å². The monoisotopic (exact) mass is 388 g/mol. The van der Waals surface area contributed by atoms with Crippen LogP contribution in [0.4, 0.5) is 0 Å². The molecule has 3 N–H and O–H groups in total. The number of aromatic nitrogens is 2. The van der Waals surface area contributed by atoms with E-state index in [1.807, 2.05) is 11.3 Å². The van der Waals surface area contributed by atoms with Gasteiger partial charge in [0, 0.05) is 4.88 Å². The Morgan fingerprint density at radius 3 is 2.69 bits per heavy atom. The van der Waals surface area contributed by atoms with Crippen molar-refractivity contribution in [1.29, 1.82) is 0 Å². The number of fused-ring (bicyclic) bond motifs is 3. The largest absolute Gasteiger partial charge is 0.321 e. The molecule has 0 aromatic carbocycles. The van der Waals surface area contributed by atoms with Crippen molar-refractivity contribution in [3.05, 3.63) is 49.0 Å². The molecule has 0 amide bonds. The number of rotatable bonds is 4. The average Bonchev–Trinajstić information content (AvgIpc) is 3.33. The lowest BCUT2D eigenvalue weighted by molar-refractivity contribution is -1.02. The number of quaternary nitrogens is 2. The van der Waals surface area contributed by atoms with E-state index in [-0.39, 0.29) is 5.56 Å². The van der Waals surface area contributed by atoms with E-state index >= 15 is 0 Å². The fourth-order valence-corrected chi connectivity index (χ4v) is 6.40. The normalized spacial score (nSPS) is 22.8. The van der Waals surface area contributed by atoms with Gasteiger partial charge in [-0.2, -0.15) is 0 Å². The number of nitrogens with zero attached hydrogens (tertiary/aromatic N) is 1. The van der Waals surface area contributed by atoms with Crippen LogP contribution in [0.5, 0.6) is 0 Å². The number of aromatic amines is 1. The second-order valence-electron chi connectivity index (χ2n) is 7.48. The third kappa shape index (κ3) is 3.13. The van der Waals surface area contributed by atoms with E-state index in [9.17, 15) is 4.79 Å². The van der Waals surface area contributed by atoms with Gasteiger partial charge in [-0.05, 0) is 36.3 Å². The van der Waals surface area contributed by atoms with Crippen molar-refractivity contribution in [1.82, 2.24) is 9.97 Å². The second kappa shape index (κ2) is 6.88. The van der Waals surface area contributed by atoms with Crippen LogP contribution in [0.15, 0.2) is 22.3 Å². The number of hydrogen-bond acceptors (Lipinski definition) is 4. The number of nitrogens with one attached hydrogen (secondary N) is 3. The molecule has 0 unspecified atom stereocenters. The predicted octanol–water partition coefficient (Wildman–Crippen LogP) is 0.0184. The Kier molecular flexibility index (Phi) is 4.40. The molecule has 0 atom stereocenters. The van der Waals surface area contributed by atoms with Crippen LogP contribution in [-0.4, -0.2) is 36.1 Å². The summed E-state index contributed by atoms with van der Waals surface area (Å²) >= 11 is 3.59. The summed E-state index contributed by atoms with van der Waals surface area (Å²) in [4.78, 5) is 27.5. The minimum atomic E-state index is 0.0748. The van der Waals surface area contributed by atoms with Crippen LogP contribution < -0.4 is 15.4 Å². The first-order valence-electron chi connectivity index (χ1n) is 9.49. The lowest BCUT2D eigenvalue weighted by atomic mass is 10.2. The third-order valence-electron chi connectivity index (χ3n) is 5.71. The Morgan fingerprint density at radius 2 is 1.92 bits per heavy atom. The highest BCUT2D eigenvalue weighted by Gasteiger charge is 2.25. The zero-order chi connectivity index (χ0) is 17.5. The molecule has 0 bridgehead atoms. The van der Waals surface area contributed by atoms with Crippen LogP contribution >= 0.6 is 22.7 Å². The van der Waals surface area contributed by atoms with Crippen LogP contribution in [-0.2, 0) is 25.9 Å². The van der Waals surface area contributed by atoms with Crippen molar-refractivity contribution in [3.63, 3.8) is 0 Å². The Hall–Kier alpha value is -1.54. The lowest BCUT2D eigenvalue weighted by Gasteiger charge is -2.29. The fraction of sp³-hybridized carbons (Fsp3) is 0.474. The topological polar surface area (TPSA) is 54.6 Å². The molecule has 5 rings (SSSR count). The van der Waals surface area contributed by atoms with Crippen molar-refractivity contribution >= 4 is 32.9 Å². The van der Waals surface area contributed by atoms with Gasteiger partial charge in [-0.25, -0.2) is 4.98 Å². The smallest absolute Gasteiger partial charge is 0.260 e. The molecule has 4 heterocycles. The molecule has 2 aliphatic rings. The summed E-state index contributed by atoms with van der Waals surface area (Å²) in [6, 6.07) is 4.37. The van der Waals surface area contributed by atoms with E-state index in [0.717, 1.165) is 55.1 Å². The molecule has 0 saturated carbocycles. The number of piperazine rings is 1. The molecule has 1 aliphatic heterocycles. The standard InChI is InChI=1S/C19H22N4OS2/c24-18-17-14-4-1-5-15(14)26-19(17)21-16(20-18)12-23-8-6-22(7-9-23)11-13-3-2-10-25-13/h2-3,10H,1,4-9,11-12H2,(H,20,21,24)/p+2. The Balaban J connectivity index is 1.26. The average molecular weight is 389 g/mol. The van der Waals surface area contributed by atoms with Crippen molar-refractivity contribution in [2.24, 2.45) is 0 Å². The predicted molar refractivity (Wildman–Crippen MR) is 105 cm³/mol. The maximum atomic E-state index is 12.6. The van der Waals surface area contributed by atoms with E-state index in [1.165, 1.54) is 39.7 Å². The van der Waals surface area contributed by atoms with Gasteiger partial charge in [0.15, 0.2) is 5.82 Å². The van der Waals surface area contributed by atoms with Gasteiger partial charge in [0.1, 0.15) is 44.1 Å². The van der Waals surface area contributed by atoms with E-state index in [4.69, 9.17) is 4.98 Å². The van der Waals surface area contributed by atoms with Gasteiger partial charge in [-0.3, -0.25) is 4.79 Å². The lowest BCUT2D eigenvalue weighted by Crippen LogP contribution is -3.27. The van der Waals surface area contributed by atoms with Gasteiger partial charge in [-0.1, -0.05) is 6.07 Å². The maximum Gasteiger partial charge on any atom is 0.260 e. The number of H-pyrrole nitrogens is 1. The van der Waals surface area contributed by atoms with E-state index in [0.29, 0.717) is 0 Å². The SMILES string of the molecule is O=c1[nH]c(C[NH+]2CC[NH+](Cc3cccs3)CC2)nc2sc3c(c12)CCC3. The van der Waals surface area contributed by atoms with Crippen molar-refractivity contribution in [2.75, 3.05) is 26.2 Å². The highest BCUT2D eigenvalue weighted by molar-refractivity contribution is 7.18. The van der Waals surface area contributed by atoms with Crippen LogP contribution in [0.3, 0.4) is 0 Å². The molecule has 3 aromatic heterocycles. The summed E-state index contributed by atoms with van der Waals surface area (Å²) < 4.78 is 0. The van der Waals surface area contributed by atoms with Crippen LogP contribution in [0, 0.1) is 0 Å². The number of thiophene rings is 2. The van der Waals surface area contributed by atoms with Crippen molar-refractivity contribution in [3.8, 4) is 0 Å². The molecule has 5 nitrogen and oxygen atoms in total. The van der Waals surface area contributed by atoms with Gasteiger partial charge >= 0.3 is 0 Å². The van der Waals surface area contributed by atoms with Crippen molar-refractivity contribution < 1.29 is 9.80 Å². The summed E-state index contributed by atoms with van der Waals surface area (Å²) in [6.45, 7) is 6.64. The fourth-order valence-electron chi connectivity index (χ4n) is 4.34. The maximum absolute atomic E-state index is 12.6. The summed E-state index contributed by atoms with van der Waals surface area (Å²) in [6.07, 6.45) is 3.34. The van der Waals surface area contributed by atoms with Crippen LogP contribution in [0.1, 0.15) is 27.6 Å². The summed E-state index contributed by atoms with van der Waals surface area (Å²) in [7, 11) is 0. The first kappa shape index (κ1) is 16.6. The minimum absolute atomic E-state index is 0.0748. The summed E-state index contributed by atoms with van der Waals surface area (Å²) in [5.41, 5.74) is 1.34. The van der Waals surface area contributed by atoms with Crippen molar-refractivity contribution in [2.45, 2.75) is 32.4 Å². The Bertz CT molecular complexity index is 967. The van der Waals surface area contributed by atoms with Crippen LogP contribution in [0.2, 0.25) is 0 Å². The highest BCUT2D eigenvalue weighted by atomic mass is 32.1. The van der Waals surface area contributed by atoms with Gasteiger partial charge in [0.2, 0.25) is 0 Å². The number of aryl methyl sites for hydroxylation is 2. The molecule has 1 saturated heterocycles. The zero-order valence-electron chi connectivity index (χ0n) is 14.8. The quantitative estimate of drug-likeness (QED) is 0.590. The molecule has 1 fully saturated rings. The first-order chi connectivity index (χ1) is 12.8. The first-order valence-corrected chi connectivity index (χ1v) is 11.2. The number of hydrogen-bond donors (Lipinski definition) is 3. The Labute approximate surface area is 160 Å². The molecular weight excluding hydrogens is 364 g/mol. The molecule has 136 valence electrons. The summed E-state index contributed by atoms with van der Waals surface area (Å²) in [5, 5.41) is 3.03. The highest BCUT2D eigenvalue weighted by Crippen LogP contribution is 2.34. The molecule has 26 heavy (non-hydrogen) atoms. The molecule has 0 spiro atoms. The van der Waals surface area contributed by atoms with Gasteiger partial charge in [0.25, 0.3) is 5.56 Å². The molecular formula is C19H24N4OS2+2. The Morgan fingerprint density at radius 1 is 1.12 bits per heavy atom. The third-order valence-corrected chi connectivity index (χ3v) is 7.77. The van der Waals surface area contributed by atoms with E-state index in [1.54, 1.807) is 16.2 Å². The van der Waals surface area contributed by atoms with E-state index < -0.39 is 0 Å².